The van der Waals surface area contributed by atoms with Crippen LogP contribution in [0.5, 0.6) is 5.75 Å². The number of aryl methyl sites for hydroxylation is 2. The van der Waals surface area contributed by atoms with E-state index in [9.17, 15) is 0 Å². The lowest BCUT2D eigenvalue weighted by Gasteiger charge is -2.16. The van der Waals surface area contributed by atoms with Gasteiger partial charge in [-0.05, 0) is 62.0 Å². The van der Waals surface area contributed by atoms with Gasteiger partial charge in [-0.25, -0.2) is 0 Å². The normalized spacial score (nSPS) is 10.9. The molecule has 16 heavy (non-hydrogen) atoms. The molecule has 1 aromatic rings. The van der Waals surface area contributed by atoms with Gasteiger partial charge in [-0.15, -0.1) is 0 Å². The molecule has 1 rings (SSSR count). The van der Waals surface area contributed by atoms with Gasteiger partial charge in [-0.1, -0.05) is 6.07 Å². The molecule has 0 saturated carbocycles. The maximum Gasteiger partial charge on any atom is 0.122 e. The molecule has 0 atom stereocenters. The maximum absolute atomic E-state index is 5.67. The van der Waals surface area contributed by atoms with Gasteiger partial charge < -0.3 is 16.2 Å². The molecule has 1 aromatic carbocycles. The highest BCUT2D eigenvalue weighted by atomic mass is 16.5. The number of benzene rings is 1. The minimum Gasteiger partial charge on any atom is -0.496 e. The largest absolute Gasteiger partial charge is 0.496 e. The summed E-state index contributed by atoms with van der Waals surface area (Å²) in [7, 11) is 1.70. The van der Waals surface area contributed by atoms with Crippen LogP contribution in [0.15, 0.2) is 12.1 Å². The standard InChI is InChI=1S/C13H22N2O/c1-9-5-13(16-3)10(2)4-12(9)6-11(7-14)8-15/h4-5,11H,6-8,14-15H2,1-3H3. The van der Waals surface area contributed by atoms with Crippen molar-refractivity contribution < 1.29 is 4.74 Å². The first-order valence-electron chi connectivity index (χ1n) is 5.66. The maximum atomic E-state index is 5.67. The van der Waals surface area contributed by atoms with Crippen molar-refractivity contribution in [1.29, 1.82) is 0 Å². The minimum absolute atomic E-state index is 0.367. The first-order valence-corrected chi connectivity index (χ1v) is 5.66. The van der Waals surface area contributed by atoms with Crippen LogP contribution in [0.2, 0.25) is 0 Å². The number of hydrogen-bond acceptors (Lipinski definition) is 3. The summed E-state index contributed by atoms with van der Waals surface area (Å²) >= 11 is 0. The third kappa shape index (κ3) is 2.97. The van der Waals surface area contributed by atoms with E-state index in [1.165, 1.54) is 11.1 Å². The van der Waals surface area contributed by atoms with E-state index in [0.717, 1.165) is 17.7 Å². The lowest BCUT2D eigenvalue weighted by Crippen LogP contribution is -2.25. The molecular weight excluding hydrogens is 200 g/mol. The third-order valence-corrected chi connectivity index (χ3v) is 3.03. The van der Waals surface area contributed by atoms with Gasteiger partial charge >= 0.3 is 0 Å². The van der Waals surface area contributed by atoms with Crippen LogP contribution in [0.1, 0.15) is 16.7 Å². The van der Waals surface area contributed by atoms with E-state index < -0.39 is 0 Å². The van der Waals surface area contributed by atoms with Crippen molar-refractivity contribution in [2.45, 2.75) is 20.3 Å². The molecule has 0 aliphatic carbocycles. The Hall–Kier alpha value is -1.06. The second-order valence-corrected chi connectivity index (χ2v) is 4.29. The van der Waals surface area contributed by atoms with E-state index >= 15 is 0 Å². The zero-order chi connectivity index (χ0) is 12.1. The number of methoxy groups -OCH3 is 1. The van der Waals surface area contributed by atoms with Gasteiger partial charge in [0.05, 0.1) is 7.11 Å². The Morgan fingerprint density at radius 1 is 1.12 bits per heavy atom. The van der Waals surface area contributed by atoms with Gasteiger partial charge in [0.25, 0.3) is 0 Å². The van der Waals surface area contributed by atoms with Crippen molar-refractivity contribution in [3.63, 3.8) is 0 Å². The van der Waals surface area contributed by atoms with E-state index in [0.29, 0.717) is 19.0 Å². The Morgan fingerprint density at radius 3 is 2.25 bits per heavy atom. The first-order chi connectivity index (χ1) is 7.62. The molecule has 90 valence electrons. The smallest absolute Gasteiger partial charge is 0.122 e. The molecular formula is C13H22N2O. The lowest BCUT2D eigenvalue weighted by molar-refractivity contribution is 0.411. The Labute approximate surface area is 97.8 Å². The summed E-state index contributed by atoms with van der Waals surface area (Å²) in [6.45, 7) is 5.44. The highest BCUT2D eigenvalue weighted by molar-refractivity contribution is 5.41. The van der Waals surface area contributed by atoms with Crippen LogP contribution < -0.4 is 16.2 Å². The predicted molar refractivity (Wildman–Crippen MR) is 67.8 cm³/mol. The highest BCUT2D eigenvalue weighted by Crippen LogP contribution is 2.24. The lowest BCUT2D eigenvalue weighted by atomic mass is 9.94. The summed E-state index contributed by atoms with van der Waals surface area (Å²) in [5.74, 6) is 1.31. The highest BCUT2D eigenvalue weighted by Gasteiger charge is 2.10. The van der Waals surface area contributed by atoms with Crippen LogP contribution in [0.3, 0.4) is 0 Å². The van der Waals surface area contributed by atoms with Gasteiger partial charge in [-0.2, -0.15) is 0 Å². The van der Waals surface area contributed by atoms with Gasteiger partial charge in [-0.3, -0.25) is 0 Å². The molecule has 0 spiro atoms. The van der Waals surface area contributed by atoms with Crippen molar-refractivity contribution in [3.05, 3.63) is 28.8 Å². The predicted octanol–water partition coefficient (Wildman–Crippen LogP) is 1.39. The molecule has 0 fully saturated rings. The quantitative estimate of drug-likeness (QED) is 0.791. The van der Waals surface area contributed by atoms with Gasteiger partial charge in [0.15, 0.2) is 0 Å². The molecule has 0 radical (unpaired) electrons. The zero-order valence-electron chi connectivity index (χ0n) is 10.4. The van der Waals surface area contributed by atoms with E-state index in [-0.39, 0.29) is 0 Å². The molecule has 0 aromatic heterocycles. The fourth-order valence-corrected chi connectivity index (χ4v) is 1.86. The molecule has 0 aliphatic heterocycles. The second-order valence-electron chi connectivity index (χ2n) is 4.29. The van der Waals surface area contributed by atoms with Crippen molar-refractivity contribution in [2.24, 2.45) is 17.4 Å². The molecule has 3 nitrogen and oxygen atoms in total. The number of ether oxygens (including phenoxy) is 1. The summed E-state index contributed by atoms with van der Waals surface area (Å²) in [5.41, 5.74) is 15.1. The molecule has 0 bridgehead atoms. The Balaban J connectivity index is 2.92. The summed E-state index contributed by atoms with van der Waals surface area (Å²) in [6.07, 6.45) is 0.948. The topological polar surface area (TPSA) is 61.3 Å². The van der Waals surface area contributed by atoms with Crippen molar-refractivity contribution in [2.75, 3.05) is 20.2 Å². The minimum atomic E-state index is 0.367. The molecule has 0 amide bonds. The average Bonchev–Trinajstić information content (AvgIpc) is 2.29. The van der Waals surface area contributed by atoms with Crippen LogP contribution in [0.4, 0.5) is 0 Å². The van der Waals surface area contributed by atoms with Crippen LogP contribution in [0, 0.1) is 19.8 Å². The van der Waals surface area contributed by atoms with Crippen LogP contribution in [-0.2, 0) is 6.42 Å². The molecule has 0 saturated heterocycles. The first kappa shape index (κ1) is 13.0. The molecule has 0 aliphatic rings. The number of hydrogen-bond donors (Lipinski definition) is 2. The molecule has 3 heteroatoms. The van der Waals surface area contributed by atoms with Gasteiger partial charge in [0, 0.05) is 0 Å². The number of rotatable bonds is 5. The summed E-state index contributed by atoms with van der Waals surface area (Å²) in [4.78, 5) is 0. The van der Waals surface area contributed by atoms with E-state index in [2.05, 4.69) is 26.0 Å². The van der Waals surface area contributed by atoms with Crippen molar-refractivity contribution in [3.8, 4) is 5.75 Å². The molecule has 0 unspecified atom stereocenters. The fraction of sp³-hybridized carbons (Fsp3) is 0.538. The number of nitrogens with two attached hydrogens (primary N) is 2. The summed E-state index contributed by atoms with van der Waals surface area (Å²) in [6, 6.07) is 4.25. The van der Waals surface area contributed by atoms with Crippen molar-refractivity contribution in [1.82, 2.24) is 0 Å². The van der Waals surface area contributed by atoms with E-state index in [1.807, 2.05) is 0 Å². The Morgan fingerprint density at radius 2 is 1.75 bits per heavy atom. The van der Waals surface area contributed by atoms with E-state index in [4.69, 9.17) is 16.2 Å². The monoisotopic (exact) mass is 222 g/mol. The van der Waals surface area contributed by atoms with E-state index in [1.54, 1.807) is 7.11 Å². The van der Waals surface area contributed by atoms with Gasteiger partial charge in [0.2, 0.25) is 0 Å². The van der Waals surface area contributed by atoms with Crippen molar-refractivity contribution >= 4 is 0 Å². The average molecular weight is 222 g/mol. The van der Waals surface area contributed by atoms with Gasteiger partial charge in [0.1, 0.15) is 5.75 Å². The third-order valence-electron chi connectivity index (χ3n) is 3.03. The molecule has 0 heterocycles. The van der Waals surface area contributed by atoms with Crippen LogP contribution in [-0.4, -0.2) is 20.2 Å². The Kier molecular flexibility index (Phi) is 4.77. The summed E-state index contributed by atoms with van der Waals surface area (Å²) < 4.78 is 5.29. The zero-order valence-corrected chi connectivity index (χ0v) is 10.4. The molecule has 4 N–H and O–H groups in total. The Bertz CT molecular complexity index is 346. The SMILES string of the molecule is COc1cc(C)c(CC(CN)CN)cc1C. The fourth-order valence-electron chi connectivity index (χ4n) is 1.86. The van der Waals surface area contributed by atoms with Crippen LogP contribution >= 0.6 is 0 Å². The summed E-state index contributed by atoms with van der Waals surface area (Å²) in [5, 5.41) is 0. The second kappa shape index (κ2) is 5.87. The van der Waals surface area contributed by atoms with Crippen LogP contribution in [0.25, 0.3) is 0 Å².